The molecule has 0 aliphatic carbocycles. The van der Waals surface area contributed by atoms with Crippen molar-refractivity contribution in [3.8, 4) is 33.4 Å². The van der Waals surface area contributed by atoms with Gasteiger partial charge < -0.3 is 4.90 Å². The van der Waals surface area contributed by atoms with Gasteiger partial charge in [0.25, 0.3) is 0 Å². The van der Waals surface area contributed by atoms with Crippen LogP contribution in [0.5, 0.6) is 0 Å². The highest BCUT2D eigenvalue weighted by atomic mass is 15.1. The first-order valence-electron chi connectivity index (χ1n) is 18.5. The lowest BCUT2D eigenvalue weighted by Gasteiger charge is -2.28. The van der Waals surface area contributed by atoms with Crippen LogP contribution in [0.2, 0.25) is 0 Å². The van der Waals surface area contributed by atoms with Crippen molar-refractivity contribution in [3.05, 3.63) is 200 Å². The van der Waals surface area contributed by atoms with Gasteiger partial charge in [-0.1, -0.05) is 164 Å². The van der Waals surface area contributed by atoms with E-state index in [1.807, 2.05) is 114 Å². The van der Waals surface area contributed by atoms with Gasteiger partial charge in [-0.25, -0.2) is 0 Å². The van der Waals surface area contributed by atoms with Gasteiger partial charge in [0.1, 0.15) is 0 Å². The minimum Gasteiger partial charge on any atom is -0.310 e. The number of benzene rings is 9. The summed E-state index contributed by atoms with van der Waals surface area (Å²) in [5.41, 5.74) is 6.53. The van der Waals surface area contributed by atoms with Crippen molar-refractivity contribution in [2.45, 2.75) is 0 Å². The molecule has 0 atom stereocenters. The van der Waals surface area contributed by atoms with Crippen LogP contribution < -0.4 is 4.90 Å². The Morgan fingerprint density at radius 3 is 1.80 bits per heavy atom. The van der Waals surface area contributed by atoms with Gasteiger partial charge >= 0.3 is 0 Å². The summed E-state index contributed by atoms with van der Waals surface area (Å²) in [4.78, 5) is 1.90. The second kappa shape index (κ2) is 12.3. The lowest BCUT2D eigenvalue weighted by Crippen LogP contribution is -2.11. The molecule has 230 valence electrons. The van der Waals surface area contributed by atoms with E-state index in [9.17, 15) is 5.48 Å². The van der Waals surface area contributed by atoms with E-state index in [1.54, 1.807) is 0 Å². The second-order valence-corrected chi connectivity index (χ2v) is 12.2. The molecule has 0 aromatic heterocycles. The van der Waals surface area contributed by atoms with Gasteiger partial charge in [-0.2, -0.15) is 0 Å². The highest BCUT2D eigenvalue weighted by Gasteiger charge is 2.18. The highest BCUT2D eigenvalue weighted by Crippen LogP contribution is 2.43. The van der Waals surface area contributed by atoms with Crippen molar-refractivity contribution >= 4 is 49.4 Å². The Labute approximate surface area is 292 Å². The van der Waals surface area contributed by atoms with E-state index in [4.69, 9.17) is 0 Å². The van der Waals surface area contributed by atoms with Crippen LogP contribution >= 0.6 is 0 Å². The monoisotopic (exact) mass is 627 g/mol. The van der Waals surface area contributed by atoms with Crippen molar-refractivity contribution in [1.82, 2.24) is 0 Å². The van der Waals surface area contributed by atoms with Gasteiger partial charge in [-0.05, 0) is 96.5 Å². The second-order valence-electron chi connectivity index (χ2n) is 12.2. The molecule has 0 radical (unpaired) electrons. The van der Waals surface area contributed by atoms with Crippen LogP contribution in [0.4, 0.5) is 17.1 Å². The molecule has 0 unspecified atom stereocenters. The Bertz CT molecular complexity index is 2810. The van der Waals surface area contributed by atoms with Gasteiger partial charge in [0.05, 0.1) is 11.2 Å². The van der Waals surface area contributed by atoms with Crippen LogP contribution in [0.25, 0.3) is 65.7 Å². The van der Waals surface area contributed by atoms with E-state index < -0.39 is 0 Å². The topological polar surface area (TPSA) is 3.24 Å². The van der Waals surface area contributed by atoms with Gasteiger partial charge in [-0.15, -0.1) is 0 Å². The molecule has 9 rings (SSSR count). The Morgan fingerprint density at radius 1 is 0.327 bits per heavy atom. The van der Waals surface area contributed by atoms with Crippen molar-refractivity contribution < 1.29 is 5.48 Å². The zero-order chi connectivity index (χ0) is 36.1. The zero-order valence-corrected chi connectivity index (χ0v) is 26.7. The minimum atomic E-state index is -0.113. The fraction of sp³-hybridized carbons (Fsp3) is 0. The summed E-state index contributed by atoms with van der Waals surface area (Å²) >= 11 is 0. The summed E-state index contributed by atoms with van der Waals surface area (Å²) < 4.78 is 38.1. The number of para-hydroxylation sites is 1. The average Bonchev–Trinajstić information content (AvgIpc) is 3.22. The fourth-order valence-electron chi connectivity index (χ4n) is 6.94. The van der Waals surface area contributed by atoms with Crippen molar-refractivity contribution in [3.63, 3.8) is 0 Å². The molecule has 9 aromatic rings. The molecular weight excluding hydrogens is 591 g/mol. The molecular formula is C48H33N. The predicted octanol–water partition coefficient (Wildman–Crippen LogP) is 13.6. The first kappa shape index (κ1) is 24.7. The quantitative estimate of drug-likeness (QED) is 0.166. The molecule has 0 aliphatic rings. The fourth-order valence-corrected chi connectivity index (χ4v) is 6.94. The number of hydrogen-bond acceptors (Lipinski definition) is 1. The standard InChI is InChI=1S/C48H33N/c1-2-12-36(13-3-1)47-21-8-9-23-48(47)49(42-18-10-17-39(33-42)45-22-11-16-35-14-4-6-19-43(35)45)41-29-26-34(27-30-41)38-28-31-46-40(32-38)25-24-37-15-5-7-20-44(37)46/h1-33H/i26D,27D,29D,30D. The summed E-state index contributed by atoms with van der Waals surface area (Å²) in [6.07, 6.45) is 0. The average molecular weight is 628 g/mol. The first-order chi connectivity index (χ1) is 26.0. The molecule has 0 saturated heterocycles. The van der Waals surface area contributed by atoms with Crippen LogP contribution in [0.1, 0.15) is 5.48 Å². The van der Waals surface area contributed by atoms with E-state index in [0.29, 0.717) is 5.56 Å². The lowest BCUT2D eigenvalue weighted by molar-refractivity contribution is 1.28. The number of fused-ring (bicyclic) bond motifs is 4. The summed E-state index contributed by atoms with van der Waals surface area (Å²) in [7, 11) is 0. The predicted molar refractivity (Wildman–Crippen MR) is 210 cm³/mol. The van der Waals surface area contributed by atoms with E-state index in [-0.39, 0.29) is 35.4 Å². The number of anilines is 3. The molecule has 0 saturated carbocycles. The summed E-state index contributed by atoms with van der Waals surface area (Å²) in [6.45, 7) is 0. The van der Waals surface area contributed by atoms with E-state index >= 15 is 0 Å². The van der Waals surface area contributed by atoms with Crippen LogP contribution in [0, 0.1) is 0 Å². The Balaban J connectivity index is 1.27. The Kier molecular flexibility index (Phi) is 6.20. The largest absolute Gasteiger partial charge is 0.310 e. The summed E-state index contributed by atoms with van der Waals surface area (Å²) in [6, 6.07) is 58.6. The molecule has 0 fully saturated rings. The Morgan fingerprint density at radius 2 is 0.939 bits per heavy atom. The summed E-state index contributed by atoms with van der Waals surface area (Å²) in [5, 5.41) is 6.59. The molecule has 49 heavy (non-hydrogen) atoms. The zero-order valence-electron chi connectivity index (χ0n) is 30.7. The third-order valence-electron chi connectivity index (χ3n) is 9.30. The van der Waals surface area contributed by atoms with Crippen molar-refractivity contribution in [1.29, 1.82) is 0 Å². The number of rotatable bonds is 6. The molecule has 1 heteroatoms. The van der Waals surface area contributed by atoms with Gasteiger partial charge in [0.2, 0.25) is 0 Å². The molecule has 0 bridgehead atoms. The molecule has 0 heterocycles. The maximum Gasteiger partial charge on any atom is 0.0645 e. The van der Waals surface area contributed by atoms with Gasteiger partial charge in [-0.3, -0.25) is 0 Å². The number of nitrogens with zero attached hydrogens (tertiary/aromatic N) is 1. The molecule has 0 spiro atoms. The van der Waals surface area contributed by atoms with Crippen molar-refractivity contribution in [2.24, 2.45) is 0 Å². The van der Waals surface area contributed by atoms with E-state index in [2.05, 4.69) is 66.7 Å². The number of hydrogen-bond donors (Lipinski definition) is 0. The van der Waals surface area contributed by atoms with Crippen molar-refractivity contribution in [2.75, 3.05) is 4.90 Å². The van der Waals surface area contributed by atoms with E-state index in [0.717, 1.165) is 65.9 Å². The minimum absolute atomic E-state index is 0.0893. The molecule has 0 amide bonds. The summed E-state index contributed by atoms with van der Waals surface area (Å²) in [5.74, 6) is 0. The van der Waals surface area contributed by atoms with E-state index in [1.165, 1.54) is 0 Å². The van der Waals surface area contributed by atoms with Crippen LogP contribution in [-0.4, -0.2) is 0 Å². The third kappa shape index (κ3) is 5.32. The normalized spacial score (nSPS) is 12.4. The SMILES string of the molecule is [2H]c1c([2H])c(N(c2cccc(-c3cccc4ccccc34)c2)c2ccccc2-c2ccccc2)c([2H])c([2H])c1-c1ccc2c(ccc3ccccc32)c1. The molecule has 0 N–H and O–H groups in total. The maximum absolute atomic E-state index is 9.59. The first-order valence-corrected chi connectivity index (χ1v) is 16.5. The smallest absolute Gasteiger partial charge is 0.0645 e. The van der Waals surface area contributed by atoms with Crippen LogP contribution in [-0.2, 0) is 0 Å². The van der Waals surface area contributed by atoms with Crippen LogP contribution in [0.15, 0.2) is 200 Å². The lowest BCUT2D eigenvalue weighted by atomic mass is 9.96. The highest BCUT2D eigenvalue weighted by molar-refractivity contribution is 6.08. The van der Waals surface area contributed by atoms with Gasteiger partial charge in [0, 0.05) is 16.9 Å². The third-order valence-corrected chi connectivity index (χ3v) is 9.30. The Hall–Kier alpha value is -6.44. The maximum atomic E-state index is 9.59. The molecule has 9 aromatic carbocycles. The molecule has 1 nitrogen and oxygen atoms in total. The van der Waals surface area contributed by atoms with Gasteiger partial charge in [0.15, 0.2) is 0 Å². The van der Waals surface area contributed by atoms with Crippen LogP contribution in [0.3, 0.4) is 0 Å². The molecule has 0 aliphatic heterocycles.